The van der Waals surface area contributed by atoms with Crippen LogP contribution < -0.4 is 15.8 Å². The van der Waals surface area contributed by atoms with Crippen LogP contribution in [0.4, 0.5) is 0 Å². The molecule has 0 saturated heterocycles. The molecule has 0 aliphatic carbocycles. The highest BCUT2D eigenvalue weighted by molar-refractivity contribution is 5.94. The van der Waals surface area contributed by atoms with E-state index in [1.807, 2.05) is 30.3 Å². The first-order valence-electron chi connectivity index (χ1n) is 6.61. The van der Waals surface area contributed by atoms with Crippen LogP contribution >= 0.6 is 12.4 Å². The number of rotatable bonds is 6. The van der Waals surface area contributed by atoms with Gasteiger partial charge in [0.15, 0.2) is 0 Å². The Morgan fingerprint density at radius 1 is 1.00 bits per heavy atom. The summed E-state index contributed by atoms with van der Waals surface area (Å²) in [6, 6.07) is 16.6. The van der Waals surface area contributed by atoms with Crippen molar-refractivity contribution < 1.29 is 9.53 Å². The summed E-state index contributed by atoms with van der Waals surface area (Å²) in [6.07, 6.45) is 0.779. The zero-order chi connectivity index (χ0) is 14.2. The van der Waals surface area contributed by atoms with Crippen LogP contribution in [0.5, 0.6) is 11.5 Å². The number of carbonyl (C=O) groups excluding carboxylic acids is 1. The van der Waals surface area contributed by atoms with Gasteiger partial charge in [-0.15, -0.1) is 12.4 Å². The first-order valence-corrected chi connectivity index (χ1v) is 6.61. The van der Waals surface area contributed by atoms with E-state index in [0.29, 0.717) is 24.4 Å². The van der Waals surface area contributed by atoms with Gasteiger partial charge in [0.2, 0.25) is 0 Å². The second-order valence-corrected chi connectivity index (χ2v) is 4.34. The number of nitrogens with two attached hydrogens (primary N) is 1. The molecule has 0 aliphatic rings. The zero-order valence-electron chi connectivity index (χ0n) is 11.6. The largest absolute Gasteiger partial charge is 0.457 e. The van der Waals surface area contributed by atoms with Crippen molar-refractivity contribution in [3.63, 3.8) is 0 Å². The Labute approximate surface area is 130 Å². The van der Waals surface area contributed by atoms with Crippen molar-refractivity contribution in [1.82, 2.24) is 5.32 Å². The number of para-hydroxylation sites is 1. The van der Waals surface area contributed by atoms with Gasteiger partial charge in [0.1, 0.15) is 11.5 Å². The Morgan fingerprint density at radius 3 is 2.24 bits per heavy atom. The summed E-state index contributed by atoms with van der Waals surface area (Å²) in [5.74, 6) is 1.38. The summed E-state index contributed by atoms with van der Waals surface area (Å²) in [7, 11) is 0. The Morgan fingerprint density at radius 2 is 1.62 bits per heavy atom. The fraction of sp³-hybridized carbons (Fsp3) is 0.188. The number of amides is 1. The molecule has 5 heteroatoms. The van der Waals surface area contributed by atoms with E-state index in [-0.39, 0.29) is 18.3 Å². The molecule has 21 heavy (non-hydrogen) atoms. The topological polar surface area (TPSA) is 64.3 Å². The van der Waals surface area contributed by atoms with Crippen molar-refractivity contribution in [2.75, 3.05) is 13.1 Å². The highest BCUT2D eigenvalue weighted by Gasteiger charge is 2.04. The molecule has 3 N–H and O–H groups in total. The number of benzene rings is 2. The van der Waals surface area contributed by atoms with Gasteiger partial charge in [-0.05, 0) is 49.4 Å². The van der Waals surface area contributed by atoms with E-state index in [4.69, 9.17) is 10.5 Å². The highest BCUT2D eigenvalue weighted by atomic mass is 35.5. The average Bonchev–Trinajstić information content (AvgIpc) is 2.49. The van der Waals surface area contributed by atoms with Gasteiger partial charge in [0, 0.05) is 12.1 Å². The molecule has 1 amide bonds. The lowest BCUT2D eigenvalue weighted by molar-refractivity contribution is 0.0953. The second kappa shape index (κ2) is 9.00. The van der Waals surface area contributed by atoms with Gasteiger partial charge in [-0.25, -0.2) is 0 Å². The smallest absolute Gasteiger partial charge is 0.251 e. The summed E-state index contributed by atoms with van der Waals surface area (Å²) in [6.45, 7) is 1.17. The van der Waals surface area contributed by atoms with Crippen molar-refractivity contribution in [3.05, 3.63) is 60.2 Å². The Kier molecular flexibility index (Phi) is 7.29. The number of hydrogen-bond donors (Lipinski definition) is 2. The lowest BCUT2D eigenvalue weighted by Gasteiger charge is -2.07. The lowest BCUT2D eigenvalue weighted by Crippen LogP contribution is -2.25. The fourth-order valence-electron chi connectivity index (χ4n) is 1.71. The van der Waals surface area contributed by atoms with Crippen LogP contribution in [0.2, 0.25) is 0 Å². The molecule has 0 spiro atoms. The lowest BCUT2D eigenvalue weighted by atomic mass is 10.2. The maximum atomic E-state index is 11.8. The first-order chi connectivity index (χ1) is 9.79. The summed E-state index contributed by atoms with van der Waals surface area (Å²) in [5, 5.41) is 2.81. The Hall–Kier alpha value is -2.04. The first kappa shape index (κ1) is 17.0. The number of ether oxygens (including phenoxy) is 1. The van der Waals surface area contributed by atoms with Crippen molar-refractivity contribution >= 4 is 18.3 Å². The van der Waals surface area contributed by atoms with E-state index in [2.05, 4.69) is 5.32 Å². The molecule has 0 aliphatic heterocycles. The monoisotopic (exact) mass is 306 g/mol. The number of nitrogens with one attached hydrogen (secondary N) is 1. The molecule has 112 valence electrons. The normalized spacial score (nSPS) is 9.57. The van der Waals surface area contributed by atoms with Crippen LogP contribution in [0, 0.1) is 0 Å². The van der Waals surface area contributed by atoms with Crippen molar-refractivity contribution in [3.8, 4) is 11.5 Å². The molecule has 0 heterocycles. The maximum absolute atomic E-state index is 11.8. The molecule has 0 saturated carbocycles. The Balaban J connectivity index is 0.00000220. The third-order valence-corrected chi connectivity index (χ3v) is 2.76. The van der Waals surface area contributed by atoms with Crippen LogP contribution in [0.25, 0.3) is 0 Å². The fourth-order valence-corrected chi connectivity index (χ4v) is 1.71. The summed E-state index contributed by atoms with van der Waals surface area (Å²) in [5.41, 5.74) is 5.99. The SMILES string of the molecule is Cl.NCCCNC(=O)c1ccc(Oc2ccccc2)cc1. The van der Waals surface area contributed by atoms with Crippen molar-refractivity contribution in [1.29, 1.82) is 0 Å². The summed E-state index contributed by atoms with van der Waals surface area (Å²) in [4.78, 5) is 11.8. The van der Waals surface area contributed by atoms with E-state index >= 15 is 0 Å². The minimum Gasteiger partial charge on any atom is -0.457 e. The predicted molar refractivity (Wildman–Crippen MR) is 86.2 cm³/mol. The van der Waals surface area contributed by atoms with Crippen LogP contribution in [-0.2, 0) is 0 Å². The van der Waals surface area contributed by atoms with Gasteiger partial charge in [-0.3, -0.25) is 4.79 Å². The average molecular weight is 307 g/mol. The van der Waals surface area contributed by atoms with E-state index in [9.17, 15) is 4.79 Å². The van der Waals surface area contributed by atoms with Crippen LogP contribution in [0.1, 0.15) is 16.8 Å². The quantitative estimate of drug-likeness (QED) is 0.806. The summed E-state index contributed by atoms with van der Waals surface area (Å²) < 4.78 is 5.66. The minimum atomic E-state index is -0.0929. The highest BCUT2D eigenvalue weighted by Crippen LogP contribution is 2.20. The Bertz CT molecular complexity index is 544. The van der Waals surface area contributed by atoms with Gasteiger partial charge in [0.05, 0.1) is 0 Å². The van der Waals surface area contributed by atoms with Crippen LogP contribution in [-0.4, -0.2) is 19.0 Å². The van der Waals surface area contributed by atoms with Gasteiger partial charge in [0.25, 0.3) is 5.91 Å². The molecule has 2 rings (SSSR count). The molecule has 0 atom stereocenters. The standard InChI is InChI=1S/C16H18N2O2.ClH/c17-11-4-12-18-16(19)13-7-9-15(10-8-13)20-14-5-2-1-3-6-14;/h1-3,5-10H,4,11-12,17H2,(H,18,19);1H. The molecule has 0 fully saturated rings. The molecule has 4 nitrogen and oxygen atoms in total. The van der Waals surface area contributed by atoms with Crippen LogP contribution in [0.3, 0.4) is 0 Å². The second-order valence-electron chi connectivity index (χ2n) is 4.34. The van der Waals surface area contributed by atoms with E-state index in [1.54, 1.807) is 24.3 Å². The molecule has 2 aromatic rings. The van der Waals surface area contributed by atoms with Gasteiger partial charge in [-0.1, -0.05) is 18.2 Å². The minimum absolute atomic E-state index is 0. The van der Waals surface area contributed by atoms with Gasteiger partial charge in [-0.2, -0.15) is 0 Å². The number of halogens is 1. The van der Waals surface area contributed by atoms with Crippen LogP contribution in [0.15, 0.2) is 54.6 Å². The van der Waals surface area contributed by atoms with E-state index < -0.39 is 0 Å². The third-order valence-electron chi connectivity index (χ3n) is 2.76. The van der Waals surface area contributed by atoms with Crippen molar-refractivity contribution in [2.45, 2.75) is 6.42 Å². The van der Waals surface area contributed by atoms with Crippen molar-refractivity contribution in [2.24, 2.45) is 5.73 Å². The molecular weight excluding hydrogens is 288 g/mol. The number of hydrogen-bond acceptors (Lipinski definition) is 3. The zero-order valence-corrected chi connectivity index (χ0v) is 12.4. The van der Waals surface area contributed by atoms with E-state index in [0.717, 1.165) is 12.2 Å². The summed E-state index contributed by atoms with van der Waals surface area (Å²) >= 11 is 0. The maximum Gasteiger partial charge on any atom is 0.251 e. The molecule has 0 unspecified atom stereocenters. The molecular formula is C16H19ClN2O2. The molecule has 2 aromatic carbocycles. The van der Waals surface area contributed by atoms with Gasteiger partial charge < -0.3 is 15.8 Å². The predicted octanol–water partition coefficient (Wildman–Crippen LogP) is 2.98. The molecule has 0 bridgehead atoms. The van der Waals surface area contributed by atoms with E-state index in [1.165, 1.54) is 0 Å². The molecule has 0 radical (unpaired) electrons. The third kappa shape index (κ3) is 5.45. The number of carbonyl (C=O) groups is 1. The molecule has 0 aromatic heterocycles. The van der Waals surface area contributed by atoms with Gasteiger partial charge >= 0.3 is 0 Å².